The number of para-hydroxylation sites is 3. The highest BCUT2D eigenvalue weighted by atomic mass is 16.3. The van der Waals surface area contributed by atoms with Gasteiger partial charge in [-0.2, -0.15) is 0 Å². The maximum absolute atomic E-state index is 6.62. The zero-order chi connectivity index (χ0) is 37.7. The number of aromatic nitrogens is 3. The van der Waals surface area contributed by atoms with E-state index in [1.165, 1.54) is 0 Å². The van der Waals surface area contributed by atoms with Crippen molar-refractivity contribution < 1.29 is 8.83 Å². The van der Waals surface area contributed by atoms with Gasteiger partial charge in [0, 0.05) is 38.2 Å². The Hall–Kier alpha value is -5.42. The van der Waals surface area contributed by atoms with Crippen LogP contribution in [0.5, 0.6) is 0 Å². The van der Waals surface area contributed by atoms with Gasteiger partial charge in [0.05, 0.1) is 5.56 Å². The summed E-state index contributed by atoms with van der Waals surface area (Å²) in [5.41, 5.74) is 5.30. The summed E-state index contributed by atoms with van der Waals surface area (Å²) in [6.07, 6.45) is 0. The van der Waals surface area contributed by atoms with Crippen molar-refractivity contribution in [3.63, 3.8) is 0 Å². The molecule has 15 heteroatoms. The summed E-state index contributed by atoms with van der Waals surface area (Å²) >= 11 is 0. The van der Waals surface area contributed by atoms with E-state index in [0.717, 1.165) is 43.8 Å². The Balaban J connectivity index is 1.34. The van der Waals surface area contributed by atoms with Crippen LogP contribution < -0.4 is 54.6 Å². The quantitative estimate of drug-likeness (QED) is 0.210. The van der Waals surface area contributed by atoms with Crippen LogP contribution in [0.3, 0.4) is 0 Å². The average Bonchev–Trinajstić information content (AvgIpc) is 3.77. The number of nitrogens with zero attached hydrogens (tertiary/aromatic N) is 3. The second kappa shape index (κ2) is 12.6. The van der Waals surface area contributed by atoms with Crippen LogP contribution in [0.4, 0.5) is 0 Å². The van der Waals surface area contributed by atoms with E-state index in [9.17, 15) is 0 Å². The standard InChI is InChI=1S/C39H13B10N3O2/c40-25-23(26(41)30(45)33(48)29(25)44)38-50-37(51-39(52-38)24-27(42)31(46)34(49)32(47)28(24)43)19-11-4-10-18-22-15(7-5-13-21(22)54-36(18)19)17-9-3-8-16-14-6-1-2-12-20(14)53-35(16)17/h1-13H. The fraction of sp³-hybridized carbons (Fsp3) is 0. The molecule has 0 unspecified atom stereocenters. The van der Waals surface area contributed by atoms with Gasteiger partial charge in [-0.1, -0.05) is 82.5 Å². The number of fused-ring (bicyclic) bond motifs is 6. The van der Waals surface area contributed by atoms with Gasteiger partial charge in [0.2, 0.25) is 0 Å². The maximum atomic E-state index is 6.62. The third kappa shape index (κ3) is 4.97. The van der Waals surface area contributed by atoms with Gasteiger partial charge in [0.25, 0.3) is 0 Å². The lowest BCUT2D eigenvalue weighted by Crippen LogP contribution is -2.55. The summed E-state index contributed by atoms with van der Waals surface area (Å²) in [5, 5.41) is 3.68. The molecule has 6 aromatic carbocycles. The Morgan fingerprint density at radius 2 is 0.741 bits per heavy atom. The molecule has 0 amide bonds. The first-order valence-electron chi connectivity index (χ1n) is 16.6. The van der Waals surface area contributed by atoms with Crippen molar-refractivity contribution in [1.82, 2.24) is 15.0 Å². The Bertz CT molecular complexity index is 2940. The Labute approximate surface area is 323 Å². The molecule has 0 aliphatic rings. The molecule has 54 heavy (non-hydrogen) atoms. The second-order valence-corrected chi connectivity index (χ2v) is 12.9. The highest BCUT2D eigenvalue weighted by Gasteiger charge is 2.24. The SMILES string of the molecule is [B]c1c([B])c([B])c(-c2nc(-c3c([B])c([B])c([B])c([B])c3[B])nc(-c3cccc4c3oc3cccc(-c5cccc6c5oc5ccccc56)c34)n2)c([B])c1[B]. The first kappa shape index (κ1) is 34.4. The molecule has 0 aliphatic heterocycles. The van der Waals surface area contributed by atoms with E-state index in [1.54, 1.807) is 0 Å². The van der Waals surface area contributed by atoms with Crippen LogP contribution in [0, 0.1) is 0 Å². The summed E-state index contributed by atoms with van der Waals surface area (Å²) in [4.78, 5) is 14.4. The number of benzene rings is 6. The molecule has 0 spiro atoms. The fourth-order valence-corrected chi connectivity index (χ4v) is 7.11. The predicted octanol–water partition coefficient (Wildman–Crippen LogP) is -1.72. The van der Waals surface area contributed by atoms with Crippen molar-refractivity contribution >= 4 is 177 Å². The highest BCUT2D eigenvalue weighted by molar-refractivity contribution is 6.70. The molecule has 5 nitrogen and oxygen atoms in total. The first-order chi connectivity index (χ1) is 26.0. The molecule has 3 aromatic heterocycles. The molecule has 3 heterocycles. The summed E-state index contributed by atoms with van der Waals surface area (Å²) < 4.78 is 13.0. The minimum atomic E-state index is -0.0125. The minimum absolute atomic E-state index is 0.00549. The van der Waals surface area contributed by atoms with E-state index >= 15 is 0 Å². The highest BCUT2D eigenvalue weighted by Crippen LogP contribution is 2.43. The van der Waals surface area contributed by atoms with Crippen molar-refractivity contribution in [3.05, 3.63) is 78.9 Å². The molecule has 9 aromatic rings. The third-order valence-corrected chi connectivity index (χ3v) is 9.94. The third-order valence-electron chi connectivity index (χ3n) is 9.94. The Kier molecular flexibility index (Phi) is 8.00. The molecule has 0 N–H and O–H groups in total. The summed E-state index contributed by atoms with van der Waals surface area (Å²) in [7, 11) is 63.3. The van der Waals surface area contributed by atoms with Gasteiger partial charge in [0.15, 0.2) is 17.5 Å². The number of furan rings is 2. The molecule has 9 rings (SSSR count). The van der Waals surface area contributed by atoms with Crippen molar-refractivity contribution in [2.24, 2.45) is 0 Å². The molecule has 0 saturated carbocycles. The lowest BCUT2D eigenvalue weighted by molar-refractivity contribution is 0.669. The van der Waals surface area contributed by atoms with Crippen molar-refractivity contribution in [2.45, 2.75) is 0 Å². The smallest absolute Gasteiger partial charge is 0.167 e. The molecular formula is C39H13B10N3O2. The first-order valence-corrected chi connectivity index (χ1v) is 16.6. The van der Waals surface area contributed by atoms with E-state index in [4.69, 9.17) is 102 Å². The lowest BCUT2D eigenvalue weighted by atomic mass is 9.60. The average molecular weight is 664 g/mol. The normalized spacial score (nSPS) is 11.7. The van der Waals surface area contributed by atoms with Crippen LogP contribution >= 0.6 is 0 Å². The van der Waals surface area contributed by atoms with Crippen LogP contribution in [0.15, 0.2) is 87.7 Å². The Morgan fingerprint density at radius 1 is 0.333 bits per heavy atom. The van der Waals surface area contributed by atoms with Crippen LogP contribution in [0.25, 0.3) is 89.2 Å². The van der Waals surface area contributed by atoms with Gasteiger partial charge in [-0.05, 0) is 23.8 Å². The van der Waals surface area contributed by atoms with E-state index in [-0.39, 0.29) is 83.2 Å². The number of hydrogen-bond acceptors (Lipinski definition) is 5. The molecule has 0 bridgehead atoms. The number of hydrogen-bond donors (Lipinski definition) is 0. The Morgan fingerprint density at radius 3 is 1.35 bits per heavy atom. The number of rotatable bonds is 4. The van der Waals surface area contributed by atoms with Gasteiger partial charge in [-0.15, -0.1) is 32.8 Å². The van der Waals surface area contributed by atoms with Crippen LogP contribution in [0.1, 0.15) is 0 Å². The van der Waals surface area contributed by atoms with Crippen molar-refractivity contribution in [1.29, 1.82) is 0 Å². The monoisotopic (exact) mass is 665 g/mol. The van der Waals surface area contributed by atoms with E-state index in [1.807, 2.05) is 72.8 Å². The molecule has 20 radical (unpaired) electrons. The molecule has 226 valence electrons. The molecule has 0 aliphatic carbocycles. The molecule has 0 atom stereocenters. The van der Waals surface area contributed by atoms with E-state index in [2.05, 4.69) is 6.07 Å². The van der Waals surface area contributed by atoms with Crippen molar-refractivity contribution in [3.8, 4) is 45.3 Å². The van der Waals surface area contributed by atoms with Gasteiger partial charge in [-0.25, -0.2) is 15.0 Å². The zero-order valence-electron chi connectivity index (χ0n) is 28.4. The summed E-state index contributed by atoms with van der Waals surface area (Å²) in [6, 6.07) is 25.6. The van der Waals surface area contributed by atoms with Crippen LogP contribution in [-0.2, 0) is 0 Å². The zero-order valence-corrected chi connectivity index (χ0v) is 28.4. The molecular weight excluding hydrogens is 651 g/mol. The maximum Gasteiger partial charge on any atom is 0.167 e. The van der Waals surface area contributed by atoms with Gasteiger partial charge < -0.3 is 8.83 Å². The van der Waals surface area contributed by atoms with E-state index in [0.29, 0.717) is 16.7 Å². The minimum Gasteiger partial charge on any atom is -0.455 e. The summed E-state index contributed by atoms with van der Waals surface area (Å²) in [5.74, 6) is 0.115. The predicted molar refractivity (Wildman–Crippen MR) is 230 cm³/mol. The van der Waals surface area contributed by atoms with Crippen LogP contribution in [0.2, 0.25) is 0 Å². The molecule has 0 saturated heterocycles. The fourth-order valence-electron chi connectivity index (χ4n) is 7.11. The van der Waals surface area contributed by atoms with Gasteiger partial charge in [-0.3, -0.25) is 0 Å². The lowest BCUT2D eigenvalue weighted by Gasteiger charge is -2.22. The summed E-state index contributed by atoms with van der Waals surface area (Å²) in [6.45, 7) is 0. The van der Waals surface area contributed by atoms with Crippen molar-refractivity contribution in [2.75, 3.05) is 0 Å². The second-order valence-electron chi connectivity index (χ2n) is 12.9. The van der Waals surface area contributed by atoms with Gasteiger partial charge in [0.1, 0.15) is 101 Å². The topological polar surface area (TPSA) is 65.0 Å². The largest absolute Gasteiger partial charge is 0.455 e. The van der Waals surface area contributed by atoms with E-state index < -0.39 is 0 Å². The van der Waals surface area contributed by atoms with Crippen LogP contribution in [-0.4, -0.2) is 93.4 Å². The molecule has 0 fully saturated rings. The van der Waals surface area contributed by atoms with Gasteiger partial charge >= 0.3 is 0 Å².